The lowest BCUT2D eigenvalue weighted by Crippen LogP contribution is -2.16. The molecule has 0 saturated carbocycles. The van der Waals surface area contributed by atoms with Crippen LogP contribution in [0.25, 0.3) is 0 Å². The highest BCUT2D eigenvalue weighted by Gasteiger charge is 2.05. The fraction of sp³-hybridized carbons (Fsp3) is 0.500. The van der Waals surface area contributed by atoms with Crippen molar-refractivity contribution < 1.29 is 9.53 Å². The van der Waals surface area contributed by atoms with Crippen LogP contribution in [-0.2, 0) is 0 Å². The van der Waals surface area contributed by atoms with Crippen molar-refractivity contribution in [2.75, 3.05) is 26.0 Å². The number of nitriles is 1. The van der Waals surface area contributed by atoms with E-state index in [2.05, 4.69) is 36.5 Å². The Morgan fingerprint density at radius 2 is 1.92 bits per heavy atom. The molecule has 0 aromatic heterocycles. The molecule has 26 heavy (non-hydrogen) atoms. The maximum Gasteiger partial charge on any atom is 0.409 e. The quantitative estimate of drug-likeness (QED) is 0.545. The molecule has 0 saturated heterocycles. The van der Waals surface area contributed by atoms with Gasteiger partial charge in [-0.15, -0.1) is 0 Å². The largest absolute Gasteiger partial charge is 0.410 e. The van der Waals surface area contributed by atoms with Gasteiger partial charge < -0.3 is 20.7 Å². The average Bonchev–Trinajstić information content (AvgIpc) is 2.59. The second-order valence-electron chi connectivity index (χ2n) is 6.50. The second kappa shape index (κ2) is 12.8. The molecule has 0 spiro atoms. The molecule has 142 valence electrons. The number of nitrogens with two attached hydrogens (primary N) is 1. The van der Waals surface area contributed by atoms with Crippen molar-refractivity contribution in [3.63, 3.8) is 0 Å². The number of carbonyl (C=O) groups excluding carboxylic acids is 1. The van der Waals surface area contributed by atoms with Crippen molar-refractivity contribution in [2.45, 2.75) is 44.9 Å². The molecule has 1 aromatic rings. The van der Waals surface area contributed by atoms with Gasteiger partial charge in [-0.25, -0.2) is 4.79 Å². The summed E-state index contributed by atoms with van der Waals surface area (Å²) in [6.45, 7) is 1.18. The number of hydrogen-bond acceptors (Lipinski definition) is 5. The fourth-order valence-electron chi connectivity index (χ4n) is 2.55. The number of nitrogens with one attached hydrogen (secondary N) is 1. The van der Waals surface area contributed by atoms with Crippen LogP contribution in [0, 0.1) is 11.3 Å². The Bertz CT molecular complexity index is 621. The van der Waals surface area contributed by atoms with Crippen LogP contribution in [0.5, 0.6) is 5.75 Å². The second-order valence-corrected chi connectivity index (χ2v) is 6.50. The van der Waals surface area contributed by atoms with E-state index < -0.39 is 6.09 Å². The summed E-state index contributed by atoms with van der Waals surface area (Å²) in [7, 11) is 4.23. The van der Waals surface area contributed by atoms with Crippen LogP contribution in [0.2, 0.25) is 0 Å². The number of unbranched alkanes of at least 4 members (excludes halogenated alkanes) is 6. The monoisotopic (exact) mass is 358 g/mol. The van der Waals surface area contributed by atoms with E-state index in [4.69, 9.17) is 10.5 Å². The van der Waals surface area contributed by atoms with Gasteiger partial charge in [0.25, 0.3) is 0 Å². The minimum Gasteiger partial charge on any atom is -0.410 e. The first-order valence-corrected chi connectivity index (χ1v) is 9.10. The molecule has 0 radical (unpaired) electrons. The number of hydrogen-bond donors (Lipinski definition) is 2. The highest BCUT2D eigenvalue weighted by Crippen LogP contribution is 2.21. The third kappa shape index (κ3) is 9.70. The van der Waals surface area contributed by atoms with Crippen molar-refractivity contribution >= 4 is 11.8 Å². The average molecular weight is 358 g/mol. The predicted octanol–water partition coefficient (Wildman–Crippen LogP) is 4.23. The molecule has 6 nitrogen and oxygen atoms in total. The zero-order valence-electron chi connectivity index (χ0n) is 15.8. The van der Waals surface area contributed by atoms with Gasteiger partial charge in [0, 0.05) is 6.07 Å². The Kier molecular flexibility index (Phi) is 10.6. The Morgan fingerprint density at radius 3 is 2.58 bits per heavy atom. The summed E-state index contributed by atoms with van der Waals surface area (Å²) in [4.78, 5) is 13.0. The lowest BCUT2D eigenvalue weighted by Gasteiger charge is -2.08. The van der Waals surface area contributed by atoms with Gasteiger partial charge in [-0.05, 0) is 58.2 Å². The van der Waals surface area contributed by atoms with E-state index >= 15 is 0 Å². The van der Waals surface area contributed by atoms with Crippen molar-refractivity contribution in [2.24, 2.45) is 5.73 Å². The zero-order valence-corrected chi connectivity index (χ0v) is 15.8. The van der Waals surface area contributed by atoms with Crippen LogP contribution >= 0.6 is 0 Å². The Labute approximate surface area is 156 Å². The van der Waals surface area contributed by atoms with Gasteiger partial charge in [-0.1, -0.05) is 31.8 Å². The standard InChI is InChI=1S/C20H30N4O2/c1-24(2)14-10-8-6-4-3-5-7-9-13-23-19-12-11-18(26-20(22)25)15-17(19)16-21/h9,11-13,15,23H,3-8,10,14H2,1-2H3,(H2,22,25)/b13-9+. The number of anilines is 1. The summed E-state index contributed by atoms with van der Waals surface area (Å²) in [6.07, 6.45) is 11.6. The van der Waals surface area contributed by atoms with Crippen LogP contribution in [0.15, 0.2) is 30.5 Å². The molecule has 0 bridgehead atoms. The van der Waals surface area contributed by atoms with Crippen molar-refractivity contribution in [3.05, 3.63) is 36.0 Å². The summed E-state index contributed by atoms with van der Waals surface area (Å²) < 4.78 is 4.77. The lowest BCUT2D eigenvalue weighted by atomic mass is 10.1. The van der Waals surface area contributed by atoms with E-state index in [1.807, 2.05) is 6.20 Å². The Morgan fingerprint density at radius 1 is 1.23 bits per heavy atom. The molecule has 0 heterocycles. The van der Waals surface area contributed by atoms with Crippen molar-refractivity contribution in [3.8, 4) is 11.8 Å². The van der Waals surface area contributed by atoms with E-state index in [0.717, 1.165) is 6.42 Å². The molecular weight excluding hydrogens is 328 g/mol. The third-order valence-electron chi connectivity index (χ3n) is 3.91. The van der Waals surface area contributed by atoms with E-state index in [-0.39, 0.29) is 5.75 Å². The Balaban J connectivity index is 2.22. The summed E-state index contributed by atoms with van der Waals surface area (Å²) in [6, 6.07) is 6.84. The van der Waals surface area contributed by atoms with Gasteiger partial charge in [-0.2, -0.15) is 5.26 Å². The Hall–Kier alpha value is -2.52. The van der Waals surface area contributed by atoms with Crippen molar-refractivity contribution in [1.82, 2.24) is 4.90 Å². The number of allylic oxidation sites excluding steroid dienone is 1. The number of carbonyl (C=O) groups is 1. The van der Waals surface area contributed by atoms with Gasteiger partial charge in [-0.3, -0.25) is 0 Å². The molecule has 0 atom stereocenters. The zero-order chi connectivity index (χ0) is 19.2. The molecule has 0 aliphatic rings. The molecule has 0 unspecified atom stereocenters. The van der Waals surface area contributed by atoms with E-state index in [9.17, 15) is 10.1 Å². The maximum absolute atomic E-state index is 10.7. The first-order valence-electron chi connectivity index (χ1n) is 9.10. The molecule has 1 rings (SSSR count). The minimum absolute atomic E-state index is 0.258. The summed E-state index contributed by atoms with van der Waals surface area (Å²) >= 11 is 0. The molecular formula is C20H30N4O2. The number of ether oxygens (including phenoxy) is 1. The first kappa shape index (κ1) is 21.5. The smallest absolute Gasteiger partial charge is 0.409 e. The van der Waals surface area contributed by atoms with E-state index in [1.165, 1.54) is 51.1 Å². The number of rotatable bonds is 12. The molecule has 6 heteroatoms. The van der Waals surface area contributed by atoms with Gasteiger partial charge in [0.1, 0.15) is 11.8 Å². The van der Waals surface area contributed by atoms with Crippen LogP contribution in [0.1, 0.15) is 50.5 Å². The number of benzene rings is 1. The summed E-state index contributed by atoms with van der Waals surface area (Å²) in [5.41, 5.74) is 6.03. The van der Waals surface area contributed by atoms with Gasteiger partial charge in [0.15, 0.2) is 0 Å². The van der Waals surface area contributed by atoms with E-state index in [1.54, 1.807) is 12.1 Å². The van der Waals surface area contributed by atoms with Crippen LogP contribution in [-0.4, -0.2) is 31.6 Å². The minimum atomic E-state index is -0.896. The highest BCUT2D eigenvalue weighted by atomic mass is 16.5. The van der Waals surface area contributed by atoms with Gasteiger partial charge >= 0.3 is 6.09 Å². The lowest BCUT2D eigenvalue weighted by molar-refractivity contribution is 0.211. The first-order chi connectivity index (χ1) is 12.5. The highest BCUT2D eigenvalue weighted by molar-refractivity contribution is 5.69. The molecule has 1 aromatic carbocycles. The van der Waals surface area contributed by atoms with Crippen molar-refractivity contribution in [1.29, 1.82) is 5.26 Å². The molecule has 3 N–H and O–H groups in total. The number of nitrogens with zero attached hydrogens (tertiary/aromatic N) is 2. The van der Waals surface area contributed by atoms with E-state index in [0.29, 0.717) is 11.3 Å². The van der Waals surface area contributed by atoms with Gasteiger partial charge in [0.05, 0.1) is 11.3 Å². The molecule has 0 fully saturated rings. The maximum atomic E-state index is 10.7. The predicted molar refractivity (Wildman–Crippen MR) is 105 cm³/mol. The summed E-state index contributed by atoms with van der Waals surface area (Å²) in [5, 5.41) is 12.3. The van der Waals surface area contributed by atoms with Crippen LogP contribution < -0.4 is 15.8 Å². The number of primary amides is 1. The third-order valence-corrected chi connectivity index (χ3v) is 3.91. The topological polar surface area (TPSA) is 91.4 Å². The molecule has 0 aliphatic carbocycles. The molecule has 0 aliphatic heterocycles. The molecule has 1 amide bonds. The SMILES string of the molecule is CN(C)CCCCCCCC/C=C/Nc1ccc(OC(N)=O)cc1C#N. The normalized spacial score (nSPS) is 10.8. The summed E-state index contributed by atoms with van der Waals surface area (Å²) in [5.74, 6) is 0.258. The van der Waals surface area contributed by atoms with Gasteiger partial charge in [0.2, 0.25) is 0 Å². The van der Waals surface area contributed by atoms with Crippen LogP contribution in [0.3, 0.4) is 0 Å². The van der Waals surface area contributed by atoms with Crippen LogP contribution in [0.4, 0.5) is 10.5 Å². The number of amides is 1. The fourth-order valence-corrected chi connectivity index (χ4v) is 2.55.